The molecule has 3 rings (SSSR count). The minimum absolute atomic E-state index is 0.271. The Bertz CT molecular complexity index is 738. The first kappa shape index (κ1) is 12.6. The molecule has 0 bridgehead atoms. The number of hydrogen-bond donors (Lipinski definition) is 1. The highest BCUT2D eigenvalue weighted by Crippen LogP contribution is 2.26. The van der Waals surface area contributed by atoms with E-state index in [4.69, 9.17) is 17.0 Å². The van der Waals surface area contributed by atoms with Crippen molar-refractivity contribution in [3.05, 3.63) is 64.7 Å². The topological polar surface area (TPSA) is 61.2 Å². The highest BCUT2D eigenvalue weighted by Gasteiger charge is 2.35. The van der Waals surface area contributed by atoms with Gasteiger partial charge in [-0.25, -0.2) is 0 Å². The van der Waals surface area contributed by atoms with Gasteiger partial charge >= 0.3 is 0 Å². The second kappa shape index (κ2) is 4.58. The van der Waals surface area contributed by atoms with E-state index in [0.717, 1.165) is 4.90 Å². The first-order valence-corrected chi connectivity index (χ1v) is 6.29. The minimum atomic E-state index is -0.463. The molecule has 20 heavy (non-hydrogen) atoms. The Hall–Kier alpha value is -2.46. The van der Waals surface area contributed by atoms with E-state index in [0.29, 0.717) is 16.3 Å². The molecule has 0 saturated heterocycles. The van der Waals surface area contributed by atoms with Crippen LogP contribution >= 0.6 is 11.6 Å². The lowest BCUT2D eigenvalue weighted by Crippen LogP contribution is -2.46. The van der Waals surface area contributed by atoms with Crippen LogP contribution < -0.4 is 4.90 Å². The van der Waals surface area contributed by atoms with Crippen molar-refractivity contribution in [1.29, 1.82) is 5.41 Å². The molecule has 0 fully saturated rings. The first-order valence-electron chi connectivity index (χ1n) is 5.92. The van der Waals surface area contributed by atoms with Crippen LogP contribution in [-0.2, 0) is 0 Å². The Balaban J connectivity index is 2.14. The van der Waals surface area contributed by atoms with Crippen LogP contribution in [0.4, 0.5) is 5.69 Å². The molecule has 0 saturated carbocycles. The molecule has 0 aromatic heterocycles. The van der Waals surface area contributed by atoms with E-state index in [9.17, 15) is 9.59 Å². The molecule has 0 radical (unpaired) electrons. The zero-order valence-corrected chi connectivity index (χ0v) is 11.0. The largest absolute Gasteiger partial charge is 0.285 e. The zero-order valence-electron chi connectivity index (χ0n) is 10.3. The van der Waals surface area contributed by atoms with E-state index < -0.39 is 5.78 Å². The normalized spacial score (nSPS) is 14.4. The molecule has 0 aliphatic carbocycles. The maximum absolute atomic E-state index is 12.5. The summed E-state index contributed by atoms with van der Waals surface area (Å²) in [5.74, 6) is -1.20. The van der Waals surface area contributed by atoms with Gasteiger partial charge in [-0.1, -0.05) is 29.8 Å². The summed E-state index contributed by atoms with van der Waals surface area (Å²) in [6.45, 7) is 0. The van der Waals surface area contributed by atoms with Crippen molar-refractivity contribution in [2.75, 3.05) is 4.90 Å². The Kier molecular flexibility index (Phi) is 2.88. The number of amidine groups is 1. The smallest absolute Gasteiger partial charge is 0.264 e. The summed E-state index contributed by atoms with van der Waals surface area (Å²) in [4.78, 5) is 25.7. The Morgan fingerprint density at radius 2 is 1.50 bits per heavy atom. The van der Waals surface area contributed by atoms with Gasteiger partial charge in [-0.15, -0.1) is 0 Å². The number of halogens is 1. The summed E-state index contributed by atoms with van der Waals surface area (Å²) in [7, 11) is 0. The molecular formula is C15H9ClN2O2. The quantitative estimate of drug-likeness (QED) is 0.874. The monoisotopic (exact) mass is 284 g/mol. The number of anilines is 1. The third-order valence-corrected chi connectivity index (χ3v) is 3.38. The Morgan fingerprint density at radius 3 is 2.15 bits per heavy atom. The second-order valence-electron chi connectivity index (χ2n) is 4.34. The average molecular weight is 285 g/mol. The molecule has 4 nitrogen and oxygen atoms in total. The molecular weight excluding hydrogens is 276 g/mol. The van der Waals surface area contributed by atoms with Gasteiger partial charge in [0.25, 0.3) is 5.91 Å². The lowest BCUT2D eigenvalue weighted by molar-refractivity contribution is 0.0966. The number of Topliss-reactive ketones (excluding diaryl/α,β-unsaturated/α-hetero) is 1. The van der Waals surface area contributed by atoms with E-state index >= 15 is 0 Å². The number of carbonyl (C=O) groups excluding carboxylic acids is 2. The maximum atomic E-state index is 12.5. The van der Waals surface area contributed by atoms with Gasteiger partial charge in [-0.2, -0.15) is 0 Å². The molecule has 1 amide bonds. The number of fused-ring (bicyclic) bond motifs is 1. The van der Waals surface area contributed by atoms with Crippen LogP contribution in [0.25, 0.3) is 0 Å². The fourth-order valence-corrected chi connectivity index (χ4v) is 2.28. The average Bonchev–Trinajstić information content (AvgIpc) is 2.47. The number of benzene rings is 2. The van der Waals surface area contributed by atoms with Gasteiger partial charge < -0.3 is 0 Å². The van der Waals surface area contributed by atoms with Crippen LogP contribution in [0.1, 0.15) is 20.7 Å². The summed E-state index contributed by atoms with van der Waals surface area (Å²) >= 11 is 5.81. The van der Waals surface area contributed by atoms with Crippen LogP contribution in [-0.4, -0.2) is 17.5 Å². The number of carbonyl (C=O) groups is 2. The van der Waals surface area contributed by atoms with Crippen molar-refractivity contribution < 1.29 is 9.59 Å². The lowest BCUT2D eigenvalue weighted by Gasteiger charge is -2.27. The van der Waals surface area contributed by atoms with Gasteiger partial charge in [0, 0.05) is 10.6 Å². The molecule has 1 heterocycles. The molecule has 1 aliphatic heterocycles. The summed E-state index contributed by atoms with van der Waals surface area (Å²) < 4.78 is 0. The van der Waals surface area contributed by atoms with Crippen LogP contribution in [0.3, 0.4) is 0 Å². The van der Waals surface area contributed by atoms with Crippen LogP contribution in [0, 0.1) is 5.41 Å². The van der Waals surface area contributed by atoms with Crippen molar-refractivity contribution in [2.45, 2.75) is 0 Å². The van der Waals surface area contributed by atoms with Crippen LogP contribution in [0.2, 0.25) is 5.02 Å². The molecule has 98 valence electrons. The third-order valence-electron chi connectivity index (χ3n) is 3.13. The van der Waals surface area contributed by atoms with Crippen molar-refractivity contribution in [3.63, 3.8) is 0 Å². The number of nitrogens with zero attached hydrogens (tertiary/aromatic N) is 1. The number of nitrogens with one attached hydrogen (secondary N) is 1. The van der Waals surface area contributed by atoms with Gasteiger partial charge in [-0.05, 0) is 30.3 Å². The molecule has 0 atom stereocenters. The van der Waals surface area contributed by atoms with Crippen LogP contribution in [0.15, 0.2) is 48.5 Å². The van der Waals surface area contributed by atoms with Gasteiger partial charge in [-0.3, -0.25) is 19.9 Å². The fourth-order valence-electron chi connectivity index (χ4n) is 2.16. The minimum Gasteiger partial charge on any atom is -0.285 e. The van der Waals surface area contributed by atoms with E-state index in [2.05, 4.69) is 0 Å². The molecule has 1 aliphatic rings. The molecule has 5 heteroatoms. The SMILES string of the molecule is N=C1C(=O)c2ccccc2C(=O)N1c1ccc(Cl)cc1. The number of hydrogen-bond acceptors (Lipinski definition) is 3. The standard InChI is InChI=1S/C15H9ClN2O2/c16-9-5-7-10(8-6-9)18-14(17)13(19)11-3-1-2-4-12(11)15(18)20/h1-8,17H. The molecule has 0 spiro atoms. The van der Waals surface area contributed by atoms with E-state index in [1.54, 1.807) is 48.5 Å². The number of amides is 1. The highest BCUT2D eigenvalue weighted by molar-refractivity contribution is 6.56. The summed E-state index contributed by atoms with van der Waals surface area (Å²) in [5, 5.41) is 8.45. The molecule has 0 unspecified atom stereocenters. The lowest BCUT2D eigenvalue weighted by atomic mass is 9.96. The Labute approximate surface area is 120 Å². The van der Waals surface area contributed by atoms with Crippen molar-refractivity contribution in [2.24, 2.45) is 0 Å². The zero-order chi connectivity index (χ0) is 14.3. The van der Waals surface area contributed by atoms with E-state index in [1.165, 1.54) is 0 Å². The summed E-state index contributed by atoms with van der Waals surface area (Å²) in [5.41, 5.74) is 1.03. The molecule has 1 N–H and O–H groups in total. The van der Waals surface area contributed by atoms with Crippen molar-refractivity contribution in [3.8, 4) is 0 Å². The highest BCUT2D eigenvalue weighted by atomic mass is 35.5. The Morgan fingerprint density at radius 1 is 0.900 bits per heavy atom. The number of rotatable bonds is 1. The summed E-state index contributed by atoms with van der Waals surface area (Å²) in [6.07, 6.45) is 0. The second-order valence-corrected chi connectivity index (χ2v) is 4.78. The predicted octanol–water partition coefficient (Wildman–Crippen LogP) is 3.16. The molecule has 2 aromatic rings. The predicted molar refractivity (Wildman–Crippen MR) is 76.8 cm³/mol. The first-order chi connectivity index (χ1) is 9.59. The molecule has 2 aromatic carbocycles. The van der Waals surface area contributed by atoms with Gasteiger partial charge in [0.2, 0.25) is 5.78 Å². The van der Waals surface area contributed by atoms with E-state index in [-0.39, 0.29) is 17.3 Å². The summed E-state index contributed by atoms with van der Waals surface area (Å²) in [6, 6.07) is 13.0. The van der Waals surface area contributed by atoms with Gasteiger partial charge in [0.1, 0.15) is 0 Å². The van der Waals surface area contributed by atoms with Crippen LogP contribution in [0.5, 0.6) is 0 Å². The van der Waals surface area contributed by atoms with Gasteiger partial charge in [0.15, 0.2) is 5.84 Å². The third kappa shape index (κ3) is 1.82. The fraction of sp³-hybridized carbons (Fsp3) is 0. The number of ketones is 1. The van der Waals surface area contributed by atoms with E-state index in [1.807, 2.05) is 0 Å². The van der Waals surface area contributed by atoms with Gasteiger partial charge in [0.05, 0.1) is 11.3 Å². The van der Waals surface area contributed by atoms with Crippen molar-refractivity contribution in [1.82, 2.24) is 0 Å². The maximum Gasteiger partial charge on any atom is 0.264 e. The van der Waals surface area contributed by atoms with Crippen molar-refractivity contribution >= 4 is 34.8 Å².